The van der Waals surface area contributed by atoms with E-state index in [0.717, 1.165) is 13.2 Å². The Bertz CT molecular complexity index is 507. The first kappa shape index (κ1) is 13.3. The monoisotopic (exact) mass is 316 g/mol. The third-order valence-corrected chi connectivity index (χ3v) is 2.92. The molecule has 9 heteroatoms. The number of alkyl halides is 2. The summed E-state index contributed by atoms with van der Waals surface area (Å²) in [6.45, 7) is 0. The van der Waals surface area contributed by atoms with E-state index in [9.17, 15) is 17.2 Å². The van der Waals surface area contributed by atoms with Crippen molar-refractivity contribution in [1.29, 1.82) is 0 Å². The molecule has 0 saturated heterocycles. The fourth-order valence-electron chi connectivity index (χ4n) is 1.07. The van der Waals surface area contributed by atoms with Crippen molar-refractivity contribution in [3.63, 3.8) is 0 Å². The lowest BCUT2D eigenvalue weighted by Gasteiger charge is -2.11. The Hall–Kier alpha value is -0.800. The number of rotatable bonds is 3. The average Bonchev–Trinajstić information content (AvgIpc) is 2.14. The highest BCUT2D eigenvalue weighted by atomic mass is 79.9. The van der Waals surface area contributed by atoms with Crippen LogP contribution in [0.4, 0.5) is 8.78 Å². The number of nitrogens with two attached hydrogens (primary N) is 1. The molecule has 0 spiro atoms. The Balaban J connectivity index is 3.64. The molecule has 0 aliphatic rings. The van der Waals surface area contributed by atoms with Gasteiger partial charge in [-0.1, -0.05) is 0 Å². The second kappa shape index (κ2) is 4.60. The number of pyridine rings is 1. The number of halogens is 3. The topological polar surface area (TPSA) is 82.3 Å². The predicted octanol–water partition coefficient (Wildman–Crippen LogP) is 1.44. The van der Waals surface area contributed by atoms with Crippen molar-refractivity contribution >= 4 is 26.0 Å². The van der Waals surface area contributed by atoms with Gasteiger partial charge in [-0.3, -0.25) is 0 Å². The van der Waals surface area contributed by atoms with E-state index < -0.39 is 27.0 Å². The van der Waals surface area contributed by atoms with Gasteiger partial charge in [0.05, 0.1) is 12.7 Å². The molecule has 2 N–H and O–H groups in total. The van der Waals surface area contributed by atoms with Crippen LogP contribution < -0.4 is 9.88 Å². The molecule has 1 aromatic rings. The van der Waals surface area contributed by atoms with Crippen LogP contribution in [-0.2, 0) is 10.0 Å². The molecule has 0 unspecified atom stereocenters. The van der Waals surface area contributed by atoms with Gasteiger partial charge in [0.2, 0.25) is 0 Å². The predicted molar refractivity (Wildman–Crippen MR) is 54.8 cm³/mol. The zero-order valence-electron chi connectivity index (χ0n) is 7.95. The standard InChI is InChI=1S/C7H7BrF2N2O3S/c1-15-3-2-4(8)12-7(16(11,13)14)5(3)6(9)10/h2,6H,1H3,(H2,11,13,14). The SMILES string of the molecule is COc1cc(Br)nc(S(N)(=O)=O)c1C(F)F. The number of methoxy groups -OCH3 is 1. The van der Waals surface area contributed by atoms with Gasteiger partial charge in [0, 0.05) is 6.07 Å². The molecule has 5 nitrogen and oxygen atoms in total. The minimum absolute atomic E-state index is 0.0396. The Morgan fingerprint density at radius 2 is 2.12 bits per heavy atom. The van der Waals surface area contributed by atoms with Crippen LogP contribution in [0.2, 0.25) is 0 Å². The molecular weight excluding hydrogens is 310 g/mol. The van der Waals surface area contributed by atoms with Crippen molar-refractivity contribution in [2.24, 2.45) is 5.14 Å². The third-order valence-electron chi connectivity index (χ3n) is 1.66. The summed E-state index contributed by atoms with van der Waals surface area (Å²) in [6.07, 6.45) is -3.05. The van der Waals surface area contributed by atoms with E-state index >= 15 is 0 Å². The second-order valence-corrected chi connectivity index (χ2v) is 5.00. The Morgan fingerprint density at radius 1 is 1.56 bits per heavy atom. The van der Waals surface area contributed by atoms with Gasteiger partial charge in [-0.2, -0.15) is 0 Å². The van der Waals surface area contributed by atoms with Crippen LogP contribution in [-0.4, -0.2) is 20.5 Å². The van der Waals surface area contributed by atoms with E-state index in [1.807, 2.05) is 0 Å². The molecule has 0 radical (unpaired) electrons. The van der Waals surface area contributed by atoms with Gasteiger partial charge in [0.15, 0.2) is 5.03 Å². The maximum Gasteiger partial charge on any atom is 0.270 e. The lowest BCUT2D eigenvalue weighted by atomic mass is 10.2. The van der Waals surface area contributed by atoms with Crippen molar-refractivity contribution in [2.45, 2.75) is 11.5 Å². The molecule has 0 bridgehead atoms. The number of nitrogens with zero attached hydrogens (tertiary/aromatic N) is 1. The molecule has 0 aromatic carbocycles. The van der Waals surface area contributed by atoms with E-state index in [1.54, 1.807) is 0 Å². The van der Waals surface area contributed by atoms with Crippen LogP contribution >= 0.6 is 15.9 Å². The molecule has 16 heavy (non-hydrogen) atoms. The van der Waals surface area contributed by atoms with Crippen molar-refractivity contribution < 1.29 is 21.9 Å². The highest BCUT2D eigenvalue weighted by Crippen LogP contribution is 2.34. The largest absolute Gasteiger partial charge is 0.496 e. The Labute approximate surface area is 98.8 Å². The highest BCUT2D eigenvalue weighted by Gasteiger charge is 2.27. The van der Waals surface area contributed by atoms with E-state index in [2.05, 4.69) is 25.7 Å². The first-order valence-corrected chi connectivity index (χ1v) is 6.16. The first-order chi connectivity index (χ1) is 7.27. The van der Waals surface area contributed by atoms with Crippen molar-refractivity contribution in [2.75, 3.05) is 7.11 Å². The molecule has 0 fully saturated rings. The Morgan fingerprint density at radius 3 is 2.50 bits per heavy atom. The molecule has 0 amide bonds. The van der Waals surface area contributed by atoms with E-state index in [1.165, 1.54) is 0 Å². The highest BCUT2D eigenvalue weighted by molar-refractivity contribution is 9.10. The summed E-state index contributed by atoms with van der Waals surface area (Å²) in [5.41, 5.74) is -0.840. The normalized spacial score (nSPS) is 11.9. The number of sulfonamides is 1. The molecule has 1 rings (SSSR count). The Kier molecular flexibility index (Phi) is 3.81. The second-order valence-electron chi connectivity index (χ2n) is 2.71. The summed E-state index contributed by atoms with van der Waals surface area (Å²) in [7, 11) is -3.20. The van der Waals surface area contributed by atoms with Crippen LogP contribution in [0.15, 0.2) is 15.7 Å². The quantitative estimate of drug-likeness (QED) is 0.855. The van der Waals surface area contributed by atoms with Crippen LogP contribution in [0, 0.1) is 0 Å². The summed E-state index contributed by atoms with van der Waals surface area (Å²) < 4.78 is 52.2. The summed E-state index contributed by atoms with van der Waals surface area (Å²) in [5.74, 6) is -0.291. The van der Waals surface area contributed by atoms with Gasteiger partial charge in [-0.05, 0) is 15.9 Å². The van der Waals surface area contributed by atoms with Crippen LogP contribution in [0.5, 0.6) is 5.75 Å². The number of ether oxygens (including phenoxy) is 1. The number of primary sulfonamides is 1. The van der Waals surface area contributed by atoms with Crippen molar-refractivity contribution in [3.8, 4) is 5.75 Å². The van der Waals surface area contributed by atoms with Gasteiger partial charge in [0.25, 0.3) is 16.4 Å². The zero-order valence-corrected chi connectivity index (χ0v) is 10.3. The molecule has 0 aliphatic heterocycles. The van der Waals surface area contributed by atoms with Gasteiger partial charge in [-0.15, -0.1) is 0 Å². The maximum atomic E-state index is 12.7. The summed E-state index contributed by atoms with van der Waals surface area (Å²) in [4.78, 5) is 3.42. The zero-order chi connectivity index (χ0) is 12.5. The third kappa shape index (κ3) is 2.66. The first-order valence-electron chi connectivity index (χ1n) is 3.82. The molecule has 0 atom stereocenters. The van der Waals surface area contributed by atoms with Gasteiger partial charge >= 0.3 is 0 Å². The van der Waals surface area contributed by atoms with Gasteiger partial charge < -0.3 is 4.74 Å². The minimum Gasteiger partial charge on any atom is -0.496 e. The van der Waals surface area contributed by atoms with Crippen molar-refractivity contribution in [1.82, 2.24) is 4.98 Å². The molecule has 90 valence electrons. The van der Waals surface area contributed by atoms with Crippen LogP contribution in [0.1, 0.15) is 12.0 Å². The lowest BCUT2D eigenvalue weighted by molar-refractivity contribution is 0.142. The molecule has 0 saturated carbocycles. The average molecular weight is 317 g/mol. The van der Waals surface area contributed by atoms with E-state index in [0.29, 0.717) is 0 Å². The fourth-order valence-corrected chi connectivity index (χ4v) is 2.29. The summed E-state index contributed by atoms with van der Waals surface area (Å²) in [5, 5.41) is 3.89. The molecular formula is C7H7BrF2N2O3S. The number of hydrogen-bond donors (Lipinski definition) is 1. The number of hydrogen-bond acceptors (Lipinski definition) is 4. The lowest BCUT2D eigenvalue weighted by Crippen LogP contribution is -2.17. The van der Waals surface area contributed by atoms with Crippen molar-refractivity contribution in [3.05, 3.63) is 16.2 Å². The van der Waals surface area contributed by atoms with E-state index in [-0.39, 0.29) is 10.4 Å². The molecule has 1 heterocycles. The molecule has 1 aromatic heterocycles. The van der Waals surface area contributed by atoms with Gasteiger partial charge in [-0.25, -0.2) is 27.3 Å². The maximum absolute atomic E-state index is 12.7. The number of aromatic nitrogens is 1. The minimum atomic E-state index is -4.33. The van der Waals surface area contributed by atoms with Crippen LogP contribution in [0.3, 0.4) is 0 Å². The smallest absolute Gasteiger partial charge is 0.270 e. The van der Waals surface area contributed by atoms with E-state index in [4.69, 9.17) is 5.14 Å². The fraction of sp³-hybridized carbons (Fsp3) is 0.286. The molecule has 0 aliphatic carbocycles. The summed E-state index contributed by atoms with van der Waals surface area (Å²) >= 11 is 2.87. The summed E-state index contributed by atoms with van der Waals surface area (Å²) in [6, 6.07) is 1.14. The van der Waals surface area contributed by atoms with Crippen LogP contribution in [0.25, 0.3) is 0 Å². The van der Waals surface area contributed by atoms with Gasteiger partial charge in [0.1, 0.15) is 10.4 Å².